The molecule has 0 atom stereocenters. The molecule has 1 aromatic carbocycles. The number of hydrogen-bond donors (Lipinski definition) is 1. The summed E-state index contributed by atoms with van der Waals surface area (Å²) in [6, 6.07) is 9.87. The summed E-state index contributed by atoms with van der Waals surface area (Å²) in [5, 5.41) is 0. The van der Waals surface area contributed by atoms with Gasteiger partial charge >= 0.3 is 0 Å². The van der Waals surface area contributed by atoms with E-state index in [1.807, 2.05) is 30.3 Å². The first-order valence-corrected chi connectivity index (χ1v) is 3.87. The van der Waals surface area contributed by atoms with Gasteiger partial charge in [0.15, 0.2) is 0 Å². The number of rotatable bonds is 2. The van der Waals surface area contributed by atoms with Gasteiger partial charge in [0, 0.05) is 12.1 Å². The van der Waals surface area contributed by atoms with E-state index in [1.54, 1.807) is 0 Å². The van der Waals surface area contributed by atoms with Crippen molar-refractivity contribution in [3.8, 4) is 0 Å². The summed E-state index contributed by atoms with van der Waals surface area (Å²) >= 11 is 5.56. The molecule has 66 valence electrons. The molecule has 1 aromatic rings. The van der Waals surface area contributed by atoms with Crippen LogP contribution in [0.1, 0.15) is 5.56 Å². The molecule has 0 heterocycles. The molecule has 0 saturated heterocycles. The second kappa shape index (κ2) is 6.06. The molecule has 12 heavy (non-hydrogen) atoms. The van der Waals surface area contributed by atoms with Crippen LogP contribution in [0.15, 0.2) is 35.9 Å². The average Bonchev–Trinajstić information content (AvgIpc) is 2.09. The molecule has 0 fully saturated rings. The smallest absolute Gasteiger partial charge is 0.0192 e. The van der Waals surface area contributed by atoms with Crippen LogP contribution in [-0.4, -0.2) is 6.54 Å². The maximum absolute atomic E-state index is 5.56. The Morgan fingerprint density at radius 2 is 1.92 bits per heavy atom. The largest absolute Gasteiger partial charge is 0.326 e. The summed E-state index contributed by atoms with van der Waals surface area (Å²) in [5.41, 5.74) is 9.04. The standard InChI is InChI=1S/C9H10ClN.ClH/c10-6-9(7-11)8-4-2-1-3-5-8;/h1-6H,7,11H2;1H. The van der Waals surface area contributed by atoms with Crippen molar-refractivity contribution in [2.45, 2.75) is 0 Å². The lowest BCUT2D eigenvalue weighted by Crippen LogP contribution is -2.01. The highest BCUT2D eigenvalue weighted by molar-refractivity contribution is 6.28. The molecule has 0 unspecified atom stereocenters. The fourth-order valence-corrected chi connectivity index (χ4v) is 1.09. The molecule has 0 spiro atoms. The molecule has 2 N–H and O–H groups in total. The van der Waals surface area contributed by atoms with Crippen LogP contribution in [0, 0.1) is 0 Å². The lowest BCUT2D eigenvalue weighted by molar-refractivity contribution is 1.27. The number of hydrogen-bond acceptors (Lipinski definition) is 1. The molecule has 0 aliphatic heterocycles. The zero-order chi connectivity index (χ0) is 8.10. The van der Waals surface area contributed by atoms with Crippen LogP contribution >= 0.6 is 24.0 Å². The van der Waals surface area contributed by atoms with Gasteiger partial charge in [0.2, 0.25) is 0 Å². The second-order valence-corrected chi connectivity index (χ2v) is 2.42. The highest BCUT2D eigenvalue weighted by Gasteiger charge is 1.95. The van der Waals surface area contributed by atoms with E-state index in [9.17, 15) is 0 Å². The van der Waals surface area contributed by atoms with Gasteiger partial charge in [-0.2, -0.15) is 0 Å². The van der Waals surface area contributed by atoms with Gasteiger partial charge < -0.3 is 5.73 Å². The molecule has 1 rings (SSSR count). The van der Waals surface area contributed by atoms with E-state index >= 15 is 0 Å². The molecule has 0 saturated carbocycles. The zero-order valence-corrected chi connectivity index (χ0v) is 8.11. The van der Waals surface area contributed by atoms with Crippen LogP contribution in [0.5, 0.6) is 0 Å². The van der Waals surface area contributed by atoms with Crippen molar-refractivity contribution in [2.75, 3.05) is 6.54 Å². The van der Waals surface area contributed by atoms with Crippen LogP contribution in [0.25, 0.3) is 5.57 Å². The van der Waals surface area contributed by atoms with Crippen molar-refractivity contribution in [2.24, 2.45) is 5.73 Å². The van der Waals surface area contributed by atoms with Gasteiger partial charge in [0.05, 0.1) is 0 Å². The molecule has 0 aromatic heterocycles. The first-order valence-electron chi connectivity index (χ1n) is 3.43. The third-order valence-electron chi connectivity index (χ3n) is 1.50. The maximum atomic E-state index is 5.56. The van der Waals surface area contributed by atoms with E-state index in [0.29, 0.717) is 6.54 Å². The van der Waals surface area contributed by atoms with E-state index in [1.165, 1.54) is 5.54 Å². The van der Waals surface area contributed by atoms with Crippen LogP contribution in [-0.2, 0) is 0 Å². The summed E-state index contributed by atoms with van der Waals surface area (Å²) in [5.74, 6) is 0. The lowest BCUT2D eigenvalue weighted by atomic mass is 10.1. The minimum atomic E-state index is 0. The van der Waals surface area contributed by atoms with E-state index < -0.39 is 0 Å². The molecule has 0 amide bonds. The van der Waals surface area contributed by atoms with Gasteiger partial charge in [-0.25, -0.2) is 0 Å². The minimum absolute atomic E-state index is 0. The Morgan fingerprint density at radius 1 is 1.33 bits per heavy atom. The van der Waals surface area contributed by atoms with Crippen molar-refractivity contribution in [3.63, 3.8) is 0 Å². The van der Waals surface area contributed by atoms with Crippen LogP contribution in [0.2, 0.25) is 0 Å². The van der Waals surface area contributed by atoms with Crippen molar-refractivity contribution in [1.29, 1.82) is 0 Å². The summed E-state index contributed by atoms with van der Waals surface area (Å²) in [6.07, 6.45) is 0. The van der Waals surface area contributed by atoms with Crippen LogP contribution in [0.4, 0.5) is 0 Å². The van der Waals surface area contributed by atoms with Crippen molar-refractivity contribution in [3.05, 3.63) is 41.4 Å². The highest BCUT2D eigenvalue weighted by Crippen LogP contribution is 2.12. The fraction of sp³-hybridized carbons (Fsp3) is 0.111. The Bertz CT molecular complexity index is 244. The molecule has 1 nitrogen and oxygen atoms in total. The molecule has 0 bridgehead atoms. The number of benzene rings is 1. The van der Waals surface area contributed by atoms with Gasteiger partial charge in [-0.3, -0.25) is 0 Å². The van der Waals surface area contributed by atoms with Gasteiger partial charge in [0.1, 0.15) is 0 Å². The van der Waals surface area contributed by atoms with Crippen LogP contribution in [0.3, 0.4) is 0 Å². The summed E-state index contributed by atoms with van der Waals surface area (Å²) < 4.78 is 0. The number of halogens is 2. The van der Waals surface area contributed by atoms with Gasteiger partial charge in [-0.05, 0) is 11.1 Å². The summed E-state index contributed by atoms with van der Waals surface area (Å²) in [7, 11) is 0. The number of nitrogens with two attached hydrogens (primary N) is 1. The molecule has 0 aliphatic rings. The van der Waals surface area contributed by atoms with E-state index in [4.69, 9.17) is 17.3 Å². The van der Waals surface area contributed by atoms with Crippen molar-refractivity contribution >= 4 is 29.6 Å². The molecular formula is C9H11Cl2N. The Labute approximate surface area is 83.6 Å². The third kappa shape index (κ3) is 2.86. The van der Waals surface area contributed by atoms with Gasteiger partial charge in [0.25, 0.3) is 0 Å². The molecule has 3 heteroatoms. The first kappa shape index (κ1) is 11.5. The maximum Gasteiger partial charge on any atom is 0.0192 e. The quantitative estimate of drug-likeness (QED) is 0.787. The lowest BCUT2D eigenvalue weighted by Gasteiger charge is -2.00. The van der Waals surface area contributed by atoms with Crippen LogP contribution < -0.4 is 5.73 Å². The topological polar surface area (TPSA) is 26.0 Å². The van der Waals surface area contributed by atoms with Gasteiger partial charge in [-0.15, -0.1) is 12.4 Å². The third-order valence-corrected chi connectivity index (χ3v) is 1.76. The first-order chi connectivity index (χ1) is 5.38. The zero-order valence-electron chi connectivity index (χ0n) is 6.53. The van der Waals surface area contributed by atoms with E-state index in [0.717, 1.165) is 11.1 Å². The summed E-state index contributed by atoms with van der Waals surface area (Å²) in [6.45, 7) is 0.480. The predicted molar refractivity (Wildman–Crippen MR) is 56.6 cm³/mol. The minimum Gasteiger partial charge on any atom is -0.326 e. The fourth-order valence-electron chi connectivity index (χ4n) is 0.878. The average molecular weight is 204 g/mol. The Kier molecular flexibility index (Phi) is 5.81. The normalized spacial score (nSPS) is 10.7. The van der Waals surface area contributed by atoms with Gasteiger partial charge in [-0.1, -0.05) is 41.9 Å². The Balaban J connectivity index is 0.00000121. The Morgan fingerprint density at radius 3 is 2.33 bits per heavy atom. The van der Waals surface area contributed by atoms with E-state index in [2.05, 4.69) is 0 Å². The second-order valence-electron chi connectivity index (χ2n) is 2.20. The Hall–Kier alpha value is -0.500. The van der Waals surface area contributed by atoms with Crippen molar-refractivity contribution in [1.82, 2.24) is 0 Å². The monoisotopic (exact) mass is 203 g/mol. The molecule has 0 aliphatic carbocycles. The molecule has 0 radical (unpaired) electrons. The highest BCUT2D eigenvalue weighted by atomic mass is 35.5. The SMILES string of the molecule is Cl.NCC(=CCl)c1ccccc1. The summed E-state index contributed by atoms with van der Waals surface area (Å²) in [4.78, 5) is 0. The predicted octanol–water partition coefficient (Wildman–Crippen LogP) is 2.65. The van der Waals surface area contributed by atoms with Crippen molar-refractivity contribution < 1.29 is 0 Å². The van der Waals surface area contributed by atoms with E-state index in [-0.39, 0.29) is 12.4 Å². The molecular weight excluding hydrogens is 193 g/mol.